The van der Waals surface area contributed by atoms with Crippen LogP contribution >= 0.6 is 0 Å². The lowest BCUT2D eigenvalue weighted by Gasteiger charge is -2.22. The van der Waals surface area contributed by atoms with Gasteiger partial charge < -0.3 is 10.5 Å². The number of ether oxygens (including phenoxy) is 1. The molecule has 0 aliphatic carbocycles. The summed E-state index contributed by atoms with van der Waals surface area (Å²) in [7, 11) is 0. The third kappa shape index (κ3) is 3.26. The van der Waals surface area contributed by atoms with Gasteiger partial charge in [0.05, 0.1) is 5.69 Å². The molecule has 0 aromatic heterocycles. The Kier molecular flexibility index (Phi) is 4.55. The number of hydrogen-bond donors (Lipinski definition) is 1. The summed E-state index contributed by atoms with van der Waals surface area (Å²) in [6, 6.07) is 9.56. The van der Waals surface area contributed by atoms with Gasteiger partial charge in [-0.15, -0.1) is 0 Å². The Morgan fingerprint density at radius 3 is 2.85 bits per heavy atom. The largest absolute Gasteiger partial charge is 0.461 e. The zero-order valence-corrected chi connectivity index (χ0v) is 11.3. The molecule has 1 heterocycles. The zero-order valence-electron chi connectivity index (χ0n) is 11.3. The maximum Gasteiger partial charge on any atom is 0.320 e. The number of nitrogens with two attached hydrogens (primary N) is 1. The number of para-hydroxylation sites is 1. The number of nitrogens with zero attached hydrogens (tertiary/aromatic N) is 2. The van der Waals surface area contributed by atoms with Crippen LogP contribution in [0.5, 0.6) is 0 Å². The van der Waals surface area contributed by atoms with Crippen molar-refractivity contribution in [3.05, 3.63) is 54.8 Å². The SMILES string of the molecule is CC=CCOC(=O)C1C=CN(c2ccccc2)N=C1N. The van der Waals surface area contributed by atoms with Crippen LogP contribution in [0.2, 0.25) is 0 Å². The predicted octanol–water partition coefficient (Wildman–Crippen LogP) is 2.03. The Hall–Kier alpha value is -2.56. The normalized spacial score (nSPS) is 18.1. The van der Waals surface area contributed by atoms with Gasteiger partial charge in [0.2, 0.25) is 0 Å². The lowest BCUT2D eigenvalue weighted by atomic mass is 10.1. The molecule has 1 atom stereocenters. The molecule has 2 N–H and O–H groups in total. The first-order valence-electron chi connectivity index (χ1n) is 6.36. The average Bonchev–Trinajstić information content (AvgIpc) is 2.48. The van der Waals surface area contributed by atoms with E-state index in [1.165, 1.54) is 0 Å². The molecule has 20 heavy (non-hydrogen) atoms. The van der Waals surface area contributed by atoms with Gasteiger partial charge in [-0.1, -0.05) is 30.4 Å². The van der Waals surface area contributed by atoms with Crippen molar-refractivity contribution in [2.24, 2.45) is 16.8 Å². The number of allylic oxidation sites excluding steroid dienone is 1. The van der Waals surface area contributed by atoms with Crippen LogP contribution in [0.1, 0.15) is 6.92 Å². The highest BCUT2D eigenvalue weighted by molar-refractivity contribution is 6.03. The minimum Gasteiger partial charge on any atom is -0.461 e. The fourth-order valence-corrected chi connectivity index (χ4v) is 1.73. The molecule has 5 heteroatoms. The van der Waals surface area contributed by atoms with Crippen LogP contribution in [0.3, 0.4) is 0 Å². The Morgan fingerprint density at radius 1 is 1.45 bits per heavy atom. The van der Waals surface area contributed by atoms with E-state index in [2.05, 4.69) is 5.10 Å². The second-order valence-electron chi connectivity index (χ2n) is 4.22. The van der Waals surface area contributed by atoms with Crippen LogP contribution < -0.4 is 10.7 Å². The third-order valence-corrected chi connectivity index (χ3v) is 2.79. The van der Waals surface area contributed by atoms with Gasteiger partial charge in [0.25, 0.3) is 0 Å². The van der Waals surface area contributed by atoms with E-state index >= 15 is 0 Å². The number of hydrogen-bond acceptors (Lipinski definition) is 5. The molecular weight excluding hydrogens is 254 g/mol. The first kappa shape index (κ1) is 13.9. The first-order valence-corrected chi connectivity index (χ1v) is 6.36. The van der Waals surface area contributed by atoms with E-state index in [4.69, 9.17) is 10.5 Å². The quantitative estimate of drug-likeness (QED) is 0.672. The summed E-state index contributed by atoms with van der Waals surface area (Å²) in [4.78, 5) is 11.8. The number of esters is 1. The monoisotopic (exact) mass is 271 g/mol. The number of anilines is 1. The van der Waals surface area contributed by atoms with Crippen LogP contribution in [0.4, 0.5) is 5.69 Å². The van der Waals surface area contributed by atoms with Crippen LogP contribution in [0.25, 0.3) is 0 Å². The molecule has 1 aromatic rings. The highest BCUT2D eigenvalue weighted by atomic mass is 16.5. The van der Waals surface area contributed by atoms with Crippen LogP contribution in [0, 0.1) is 5.92 Å². The summed E-state index contributed by atoms with van der Waals surface area (Å²) in [6.07, 6.45) is 6.98. The van der Waals surface area contributed by atoms with Crippen molar-refractivity contribution in [3.8, 4) is 0 Å². The van der Waals surface area contributed by atoms with E-state index in [1.54, 1.807) is 23.4 Å². The molecule has 5 nitrogen and oxygen atoms in total. The molecule has 0 amide bonds. The van der Waals surface area contributed by atoms with Crippen molar-refractivity contribution in [2.45, 2.75) is 6.92 Å². The van der Waals surface area contributed by atoms with Gasteiger partial charge in [-0.3, -0.25) is 4.79 Å². The number of hydrazone groups is 1. The lowest BCUT2D eigenvalue weighted by molar-refractivity contribution is -0.143. The fourth-order valence-electron chi connectivity index (χ4n) is 1.73. The molecule has 1 aromatic carbocycles. The molecule has 0 radical (unpaired) electrons. The van der Waals surface area contributed by atoms with Crippen LogP contribution in [0.15, 0.2) is 59.9 Å². The van der Waals surface area contributed by atoms with Crippen molar-refractivity contribution < 1.29 is 9.53 Å². The van der Waals surface area contributed by atoms with Crippen molar-refractivity contribution in [2.75, 3.05) is 11.6 Å². The van der Waals surface area contributed by atoms with Crippen molar-refractivity contribution >= 4 is 17.5 Å². The predicted molar refractivity (Wildman–Crippen MR) is 78.9 cm³/mol. The summed E-state index contributed by atoms with van der Waals surface area (Å²) in [5.41, 5.74) is 6.73. The molecule has 1 aliphatic heterocycles. The maximum absolute atomic E-state index is 11.8. The van der Waals surface area contributed by atoms with Crippen LogP contribution in [-0.4, -0.2) is 18.4 Å². The van der Waals surface area contributed by atoms with E-state index in [0.717, 1.165) is 5.69 Å². The molecule has 0 bridgehead atoms. The van der Waals surface area contributed by atoms with E-state index in [-0.39, 0.29) is 12.4 Å². The summed E-state index contributed by atoms with van der Waals surface area (Å²) in [5.74, 6) is -0.796. The van der Waals surface area contributed by atoms with E-state index in [0.29, 0.717) is 0 Å². The Balaban J connectivity index is 2.04. The number of carbonyl (C=O) groups is 1. The number of carbonyl (C=O) groups excluding carboxylic acids is 1. The van der Waals surface area contributed by atoms with Gasteiger partial charge in [-0.05, 0) is 25.1 Å². The fraction of sp³-hybridized carbons (Fsp3) is 0.200. The molecule has 0 fully saturated rings. The third-order valence-electron chi connectivity index (χ3n) is 2.79. The minimum absolute atomic E-state index is 0.224. The van der Waals surface area contributed by atoms with Crippen molar-refractivity contribution in [1.29, 1.82) is 0 Å². The van der Waals surface area contributed by atoms with Gasteiger partial charge in [0, 0.05) is 6.20 Å². The van der Waals surface area contributed by atoms with E-state index in [9.17, 15) is 4.79 Å². The molecule has 0 saturated carbocycles. The Morgan fingerprint density at radius 2 is 2.20 bits per heavy atom. The summed E-state index contributed by atoms with van der Waals surface area (Å²) in [6.45, 7) is 2.11. The molecule has 2 rings (SSSR count). The van der Waals surface area contributed by atoms with Crippen molar-refractivity contribution in [3.63, 3.8) is 0 Å². The second kappa shape index (κ2) is 6.56. The first-order chi connectivity index (χ1) is 9.72. The standard InChI is InChI=1S/C15H17N3O2/c1-2-3-11-20-15(19)13-9-10-18(17-14(13)16)12-7-5-4-6-8-12/h2-10,13H,11H2,1H3,(H2,16,17). The van der Waals surface area contributed by atoms with Crippen LogP contribution in [-0.2, 0) is 9.53 Å². The molecular formula is C15H17N3O2. The Bertz CT molecular complexity index is 549. The zero-order chi connectivity index (χ0) is 14.4. The van der Waals surface area contributed by atoms with Crippen molar-refractivity contribution in [1.82, 2.24) is 0 Å². The average molecular weight is 271 g/mol. The Labute approximate surface area is 118 Å². The van der Waals surface area contributed by atoms with E-state index < -0.39 is 11.9 Å². The summed E-state index contributed by atoms with van der Waals surface area (Å²) < 4.78 is 5.08. The molecule has 0 spiro atoms. The van der Waals surface area contributed by atoms with E-state index in [1.807, 2.05) is 43.3 Å². The number of benzene rings is 1. The lowest BCUT2D eigenvalue weighted by Crippen LogP contribution is -2.35. The van der Waals surface area contributed by atoms with Gasteiger partial charge in [0.15, 0.2) is 0 Å². The summed E-state index contributed by atoms with van der Waals surface area (Å²) >= 11 is 0. The second-order valence-corrected chi connectivity index (χ2v) is 4.22. The molecule has 1 unspecified atom stereocenters. The highest BCUT2D eigenvalue weighted by Gasteiger charge is 2.25. The topological polar surface area (TPSA) is 67.9 Å². The van der Waals surface area contributed by atoms with Gasteiger partial charge in [0.1, 0.15) is 18.4 Å². The minimum atomic E-state index is -0.625. The highest BCUT2D eigenvalue weighted by Crippen LogP contribution is 2.19. The smallest absolute Gasteiger partial charge is 0.320 e. The van der Waals surface area contributed by atoms with Gasteiger partial charge >= 0.3 is 5.97 Å². The summed E-state index contributed by atoms with van der Waals surface area (Å²) in [5, 5.41) is 5.84. The maximum atomic E-state index is 11.8. The molecule has 104 valence electrons. The number of rotatable bonds is 4. The number of amidine groups is 1. The van der Waals surface area contributed by atoms with Gasteiger partial charge in [-0.25, -0.2) is 5.01 Å². The molecule has 0 saturated heterocycles. The molecule has 1 aliphatic rings. The van der Waals surface area contributed by atoms with Gasteiger partial charge in [-0.2, -0.15) is 5.10 Å².